The maximum Gasteiger partial charge on any atom is 0.343 e. The van der Waals surface area contributed by atoms with E-state index in [1.807, 2.05) is 0 Å². The highest BCUT2D eigenvalue weighted by Gasteiger charge is 2.20. The van der Waals surface area contributed by atoms with Gasteiger partial charge in [0.2, 0.25) is 0 Å². The third kappa shape index (κ3) is 5.63. The van der Waals surface area contributed by atoms with Gasteiger partial charge in [-0.25, -0.2) is 4.79 Å². The van der Waals surface area contributed by atoms with Crippen LogP contribution in [0.3, 0.4) is 0 Å². The summed E-state index contributed by atoms with van der Waals surface area (Å²) in [5.74, 6) is -0.518. The zero-order valence-electron chi connectivity index (χ0n) is 13.7. The SMILES string of the molecule is COC(=O)COc1ccc(CN2CCN[C@H](C)C2)cc1[N+](=O)[O-].Cl. The van der Waals surface area contributed by atoms with Crippen LogP contribution >= 0.6 is 12.4 Å². The van der Waals surface area contributed by atoms with Crippen LogP contribution in [-0.4, -0.2) is 55.2 Å². The summed E-state index contributed by atoms with van der Waals surface area (Å²) in [5, 5.41) is 14.6. The molecule has 1 saturated heterocycles. The first-order valence-corrected chi connectivity index (χ1v) is 7.42. The molecule has 0 aliphatic carbocycles. The molecule has 1 atom stereocenters. The molecule has 24 heavy (non-hydrogen) atoms. The second-order valence-electron chi connectivity index (χ2n) is 5.51. The number of piperazine rings is 1. The Morgan fingerprint density at radius 2 is 2.25 bits per heavy atom. The topological polar surface area (TPSA) is 93.9 Å². The predicted octanol–water partition coefficient (Wildman–Crippen LogP) is 1.36. The summed E-state index contributed by atoms with van der Waals surface area (Å²) in [5.41, 5.74) is 0.700. The van der Waals surface area contributed by atoms with Crippen molar-refractivity contribution in [3.05, 3.63) is 33.9 Å². The van der Waals surface area contributed by atoms with E-state index in [2.05, 4.69) is 21.9 Å². The minimum atomic E-state index is -0.585. The Labute approximate surface area is 146 Å². The van der Waals surface area contributed by atoms with Gasteiger partial charge in [-0.05, 0) is 18.6 Å². The molecule has 0 saturated carbocycles. The lowest BCUT2D eigenvalue weighted by Gasteiger charge is -2.31. The Kier molecular flexibility index (Phi) is 7.90. The Bertz CT molecular complexity index is 584. The second kappa shape index (κ2) is 9.41. The Hall–Kier alpha value is -1.90. The molecule has 9 heteroatoms. The van der Waals surface area contributed by atoms with Crippen molar-refractivity contribution in [1.29, 1.82) is 0 Å². The van der Waals surface area contributed by atoms with E-state index in [-0.39, 0.29) is 30.5 Å². The number of carbonyl (C=O) groups excluding carboxylic acids is 1. The maximum absolute atomic E-state index is 11.2. The first-order valence-electron chi connectivity index (χ1n) is 7.42. The van der Waals surface area contributed by atoms with Crippen LogP contribution < -0.4 is 10.1 Å². The van der Waals surface area contributed by atoms with Crippen LogP contribution in [0.25, 0.3) is 0 Å². The molecular formula is C15H22ClN3O5. The van der Waals surface area contributed by atoms with Gasteiger partial charge in [0, 0.05) is 38.3 Å². The van der Waals surface area contributed by atoms with Crippen LogP contribution in [0.15, 0.2) is 18.2 Å². The molecule has 1 heterocycles. The van der Waals surface area contributed by atoms with Gasteiger partial charge in [-0.2, -0.15) is 0 Å². The van der Waals surface area contributed by atoms with Crippen molar-refractivity contribution >= 4 is 24.1 Å². The van der Waals surface area contributed by atoms with Gasteiger partial charge in [-0.15, -0.1) is 12.4 Å². The number of methoxy groups -OCH3 is 1. The highest BCUT2D eigenvalue weighted by atomic mass is 35.5. The molecule has 1 aromatic rings. The number of nitrogens with zero attached hydrogens (tertiary/aromatic N) is 2. The number of nitro benzene ring substituents is 1. The average Bonchev–Trinajstić information content (AvgIpc) is 2.53. The first-order chi connectivity index (χ1) is 11.0. The minimum Gasteiger partial charge on any atom is -0.475 e. The van der Waals surface area contributed by atoms with E-state index in [4.69, 9.17) is 4.74 Å². The fourth-order valence-electron chi connectivity index (χ4n) is 2.54. The van der Waals surface area contributed by atoms with Crippen LogP contribution in [0.4, 0.5) is 5.69 Å². The van der Waals surface area contributed by atoms with Crippen LogP contribution in [0.1, 0.15) is 12.5 Å². The van der Waals surface area contributed by atoms with Gasteiger partial charge in [0.15, 0.2) is 12.4 Å². The molecule has 1 aliphatic rings. The number of carbonyl (C=O) groups is 1. The van der Waals surface area contributed by atoms with E-state index in [0.717, 1.165) is 25.2 Å². The molecule has 0 unspecified atom stereocenters. The summed E-state index contributed by atoms with van der Waals surface area (Å²) in [7, 11) is 1.23. The van der Waals surface area contributed by atoms with E-state index in [1.165, 1.54) is 19.2 Å². The lowest BCUT2D eigenvalue weighted by Crippen LogP contribution is -2.48. The van der Waals surface area contributed by atoms with Crippen molar-refractivity contribution in [1.82, 2.24) is 10.2 Å². The van der Waals surface area contributed by atoms with E-state index in [1.54, 1.807) is 6.07 Å². The fourth-order valence-corrected chi connectivity index (χ4v) is 2.54. The molecule has 1 aliphatic heterocycles. The van der Waals surface area contributed by atoms with Crippen molar-refractivity contribution in [2.45, 2.75) is 19.5 Å². The molecule has 0 radical (unpaired) electrons. The van der Waals surface area contributed by atoms with Crippen LogP contribution in [0, 0.1) is 10.1 Å². The highest BCUT2D eigenvalue weighted by Crippen LogP contribution is 2.28. The van der Waals surface area contributed by atoms with E-state index >= 15 is 0 Å². The molecule has 0 bridgehead atoms. The lowest BCUT2D eigenvalue weighted by atomic mass is 10.1. The predicted molar refractivity (Wildman–Crippen MR) is 90.6 cm³/mol. The number of nitrogens with one attached hydrogen (secondary N) is 1. The number of hydrogen-bond donors (Lipinski definition) is 1. The zero-order chi connectivity index (χ0) is 16.8. The van der Waals surface area contributed by atoms with Crippen molar-refractivity contribution in [2.24, 2.45) is 0 Å². The normalized spacial score (nSPS) is 17.7. The van der Waals surface area contributed by atoms with Crippen LogP contribution in [0.5, 0.6) is 5.75 Å². The van der Waals surface area contributed by atoms with Gasteiger partial charge in [0.1, 0.15) is 0 Å². The largest absolute Gasteiger partial charge is 0.475 e. The van der Waals surface area contributed by atoms with Crippen LogP contribution in [0.2, 0.25) is 0 Å². The maximum atomic E-state index is 11.2. The number of nitro groups is 1. The zero-order valence-corrected chi connectivity index (χ0v) is 14.5. The third-order valence-electron chi connectivity index (χ3n) is 3.65. The molecule has 2 rings (SSSR count). The molecule has 8 nitrogen and oxygen atoms in total. The van der Waals surface area contributed by atoms with Crippen molar-refractivity contribution < 1.29 is 19.2 Å². The number of halogens is 1. The number of hydrogen-bond acceptors (Lipinski definition) is 7. The second-order valence-corrected chi connectivity index (χ2v) is 5.51. The van der Waals surface area contributed by atoms with E-state index in [0.29, 0.717) is 12.6 Å². The summed E-state index contributed by atoms with van der Waals surface area (Å²) >= 11 is 0. The van der Waals surface area contributed by atoms with Crippen molar-refractivity contribution in [3.63, 3.8) is 0 Å². The summed E-state index contributed by atoms with van der Waals surface area (Å²) in [6, 6.07) is 5.22. The van der Waals surface area contributed by atoms with Crippen LogP contribution in [-0.2, 0) is 16.1 Å². The van der Waals surface area contributed by atoms with E-state index < -0.39 is 10.9 Å². The average molecular weight is 360 g/mol. The minimum absolute atomic E-state index is 0. The highest BCUT2D eigenvalue weighted by molar-refractivity contribution is 5.85. The third-order valence-corrected chi connectivity index (χ3v) is 3.65. The smallest absolute Gasteiger partial charge is 0.343 e. The molecule has 1 aromatic carbocycles. The monoisotopic (exact) mass is 359 g/mol. The molecule has 1 fully saturated rings. The molecule has 0 aromatic heterocycles. The van der Waals surface area contributed by atoms with Gasteiger partial charge in [0.25, 0.3) is 0 Å². The van der Waals surface area contributed by atoms with Crippen molar-refractivity contribution in [3.8, 4) is 5.75 Å². The molecule has 1 N–H and O–H groups in total. The number of ether oxygens (including phenoxy) is 2. The van der Waals surface area contributed by atoms with Gasteiger partial charge in [0.05, 0.1) is 12.0 Å². The standard InChI is InChI=1S/C15H21N3O5.ClH/c1-11-8-17(6-5-16-11)9-12-3-4-14(13(7-12)18(20)21)23-10-15(19)22-2;/h3-4,7,11,16H,5-6,8-10H2,1-2H3;1H/t11-;/m1./s1. The van der Waals surface area contributed by atoms with Gasteiger partial charge in [-0.3, -0.25) is 15.0 Å². The van der Waals surface area contributed by atoms with Gasteiger partial charge in [-0.1, -0.05) is 6.07 Å². The number of rotatable bonds is 6. The number of benzene rings is 1. The summed E-state index contributed by atoms with van der Waals surface area (Å²) in [4.78, 5) is 24.1. The first kappa shape index (κ1) is 20.1. The molecule has 0 amide bonds. The fraction of sp³-hybridized carbons (Fsp3) is 0.533. The summed E-state index contributed by atoms with van der Waals surface area (Å²) in [6.45, 7) is 5.10. The Balaban J connectivity index is 0.00000288. The Morgan fingerprint density at radius 3 is 2.88 bits per heavy atom. The Morgan fingerprint density at radius 1 is 1.50 bits per heavy atom. The quantitative estimate of drug-likeness (QED) is 0.465. The molecule has 134 valence electrons. The summed E-state index contributed by atoms with van der Waals surface area (Å²) in [6.07, 6.45) is 0. The van der Waals surface area contributed by atoms with Gasteiger partial charge >= 0.3 is 11.7 Å². The summed E-state index contributed by atoms with van der Waals surface area (Å²) < 4.78 is 9.63. The number of esters is 1. The molecular weight excluding hydrogens is 338 g/mol. The van der Waals surface area contributed by atoms with E-state index in [9.17, 15) is 14.9 Å². The van der Waals surface area contributed by atoms with Crippen molar-refractivity contribution in [2.75, 3.05) is 33.4 Å². The van der Waals surface area contributed by atoms with Gasteiger partial charge < -0.3 is 14.8 Å². The lowest BCUT2D eigenvalue weighted by molar-refractivity contribution is -0.385. The molecule has 0 spiro atoms.